The van der Waals surface area contributed by atoms with E-state index in [4.69, 9.17) is 0 Å². The maximum Gasteiger partial charge on any atom is 0.0138 e. The van der Waals surface area contributed by atoms with Crippen molar-refractivity contribution in [2.75, 3.05) is 13.1 Å². The summed E-state index contributed by atoms with van der Waals surface area (Å²) in [5.74, 6) is 0. The fraction of sp³-hybridized carbons (Fsp3) is 0.250. The normalized spacial score (nSPS) is 11.4. The van der Waals surface area contributed by atoms with Crippen molar-refractivity contribution < 1.29 is 0 Å². The molecule has 0 aromatic heterocycles. The smallest absolute Gasteiger partial charge is 0.0138 e. The second-order valence-electron chi connectivity index (χ2n) is 4.17. The first-order valence-corrected chi connectivity index (χ1v) is 6.27. The zero-order valence-corrected chi connectivity index (χ0v) is 10.3. The van der Waals surface area contributed by atoms with Gasteiger partial charge >= 0.3 is 0 Å². The zero-order chi connectivity index (χ0) is 11.9. The third kappa shape index (κ3) is 3.18. The average molecular weight is 225 g/mol. The van der Waals surface area contributed by atoms with Crippen LogP contribution in [-0.4, -0.2) is 13.1 Å². The van der Waals surface area contributed by atoms with E-state index in [1.807, 2.05) is 0 Å². The highest BCUT2D eigenvalue weighted by Gasteiger charge is 1.95. The molecule has 2 aromatic rings. The predicted octanol–water partition coefficient (Wildman–Crippen LogP) is 3.85. The van der Waals surface area contributed by atoms with E-state index in [-0.39, 0.29) is 0 Å². The Bertz CT molecular complexity index is 494. The van der Waals surface area contributed by atoms with Crippen LogP contribution in [0.4, 0.5) is 0 Å². The molecule has 0 aliphatic carbocycles. The van der Waals surface area contributed by atoms with E-state index >= 15 is 0 Å². The van der Waals surface area contributed by atoms with E-state index in [2.05, 4.69) is 66.9 Å². The van der Waals surface area contributed by atoms with Gasteiger partial charge in [-0.05, 0) is 29.3 Å². The first-order chi connectivity index (χ1) is 8.42. The monoisotopic (exact) mass is 225 g/mol. The first kappa shape index (κ1) is 11.9. The molecule has 0 spiro atoms. The van der Waals surface area contributed by atoms with E-state index in [1.54, 1.807) is 0 Å². The second kappa shape index (κ2) is 6.21. The summed E-state index contributed by atoms with van der Waals surface area (Å²) in [5.41, 5.74) is 1.29. The van der Waals surface area contributed by atoms with Crippen LogP contribution in [0.3, 0.4) is 0 Å². The molecule has 0 saturated carbocycles. The number of hydrogen-bond acceptors (Lipinski definition) is 1. The van der Waals surface area contributed by atoms with Crippen molar-refractivity contribution in [2.24, 2.45) is 0 Å². The summed E-state index contributed by atoms with van der Waals surface area (Å²) in [6.07, 6.45) is 5.57. The van der Waals surface area contributed by atoms with Gasteiger partial charge in [0.1, 0.15) is 0 Å². The van der Waals surface area contributed by atoms with Gasteiger partial charge in [-0.3, -0.25) is 0 Å². The Morgan fingerprint density at radius 2 is 1.88 bits per heavy atom. The number of hydrogen-bond donors (Lipinski definition) is 1. The van der Waals surface area contributed by atoms with Crippen molar-refractivity contribution >= 4 is 16.8 Å². The van der Waals surface area contributed by atoms with Crippen molar-refractivity contribution in [3.05, 3.63) is 54.1 Å². The molecule has 0 bridgehead atoms. The van der Waals surface area contributed by atoms with Crippen LogP contribution in [0.5, 0.6) is 0 Å². The van der Waals surface area contributed by atoms with E-state index in [9.17, 15) is 0 Å². The minimum Gasteiger partial charge on any atom is -0.313 e. The van der Waals surface area contributed by atoms with Gasteiger partial charge in [0, 0.05) is 6.54 Å². The molecule has 0 atom stereocenters. The highest BCUT2D eigenvalue weighted by atomic mass is 14.8. The van der Waals surface area contributed by atoms with Crippen LogP contribution in [0.2, 0.25) is 0 Å². The third-order valence-electron chi connectivity index (χ3n) is 2.81. The van der Waals surface area contributed by atoms with E-state index in [0.717, 1.165) is 13.1 Å². The molecule has 0 aliphatic rings. The summed E-state index contributed by atoms with van der Waals surface area (Å²) in [7, 11) is 0. The van der Waals surface area contributed by atoms with Gasteiger partial charge in [0.15, 0.2) is 0 Å². The van der Waals surface area contributed by atoms with E-state index in [0.29, 0.717) is 0 Å². The van der Waals surface area contributed by atoms with E-state index in [1.165, 1.54) is 22.8 Å². The van der Waals surface area contributed by atoms with Gasteiger partial charge in [-0.2, -0.15) is 0 Å². The van der Waals surface area contributed by atoms with Crippen LogP contribution in [-0.2, 0) is 0 Å². The van der Waals surface area contributed by atoms with Crippen molar-refractivity contribution in [1.82, 2.24) is 5.32 Å². The summed E-state index contributed by atoms with van der Waals surface area (Å²) in [4.78, 5) is 0. The van der Waals surface area contributed by atoms with Crippen molar-refractivity contribution in [2.45, 2.75) is 13.3 Å². The highest BCUT2D eigenvalue weighted by molar-refractivity contribution is 5.90. The van der Waals surface area contributed by atoms with E-state index < -0.39 is 0 Å². The Hall–Kier alpha value is -1.60. The Kier molecular flexibility index (Phi) is 4.34. The van der Waals surface area contributed by atoms with Gasteiger partial charge in [-0.15, -0.1) is 0 Å². The lowest BCUT2D eigenvalue weighted by Crippen LogP contribution is -2.13. The van der Waals surface area contributed by atoms with Crippen molar-refractivity contribution in [3.63, 3.8) is 0 Å². The zero-order valence-electron chi connectivity index (χ0n) is 10.3. The van der Waals surface area contributed by atoms with Crippen LogP contribution in [0, 0.1) is 0 Å². The number of fused-ring (bicyclic) bond motifs is 1. The maximum atomic E-state index is 3.37. The van der Waals surface area contributed by atoms with Gasteiger partial charge in [0.2, 0.25) is 0 Å². The molecular formula is C16H19N. The van der Waals surface area contributed by atoms with Gasteiger partial charge < -0.3 is 5.32 Å². The number of rotatable bonds is 5. The Morgan fingerprint density at radius 1 is 1.06 bits per heavy atom. The molecular weight excluding hydrogens is 206 g/mol. The highest BCUT2D eigenvalue weighted by Crippen LogP contribution is 2.19. The lowest BCUT2D eigenvalue weighted by molar-refractivity contribution is 0.730. The SMILES string of the molecule is CCCNCC=Cc1cccc2ccccc12. The second-order valence-corrected chi connectivity index (χ2v) is 4.17. The van der Waals surface area contributed by atoms with Crippen LogP contribution < -0.4 is 5.32 Å². The summed E-state index contributed by atoms with van der Waals surface area (Å²) in [5, 5.41) is 5.99. The molecule has 0 heterocycles. The molecule has 0 fully saturated rings. The fourth-order valence-electron chi connectivity index (χ4n) is 1.94. The summed E-state index contributed by atoms with van der Waals surface area (Å²) in [6, 6.07) is 14.9. The minimum absolute atomic E-state index is 0.942. The molecule has 2 aromatic carbocycles. The fourth-order valence-corrected chi connectivity index (χ4v) is 1.94. The molecule has 0 unspecified atom stereocenters. The molecule has 0 radical (unpaired) electrons. The largest absolute Gasteiger partial charge is 0.313 e. The minimum atomic E-state index is 0.942. The Morgan fingerprint density at radius 3 is 2.76 bits per heavy atom. The molecule has 88 valence electrons. The topological polar surface area (TPSA) is 12.0 Å². The predicted molar refractivity (Wildman–Crippen MR) is 76.1 cm³/mol. The Labute approximate surface area is 103 Å². The van der Waals surface area contributed by atoms with Crippen molar-refractivity contribution in [1.29, 1.82) is 0 Å². The summed E-state index contributed by atoms with van der Waals surface area (Å²) >= 11 is 0. The Balaban J connectivity index is 2.13. The molecule has 1 heteroatoms. The number of nitrogens with one attached hydrogen (secondary N) is 1. The standard InChI is InChI=1S/C16H19N/c1-2-12-17-13-6-10-15-9-5-8-14-7-3-4-11-16(14)15/h3-11,17H,2,12-13H2,1H3. The van der Waals surface area contributed by atoms with Gasteiger partial charge in [0.25, 0.3) is 0 Å². The van der Waals surface area contributed by atoms with Crippen LogP contribution in [0.25, 0.3) is 16.8 Å². The molecule has 0 aliphatic heterocycles. The molecule has 17 heavy (non-hydrogen) atoms. The maximum absolute atomic E-state index is 3.37. The van der Waals surface area contributed by atoms with Crippen molar-refractivity contribution in [3.8, 4) is 0 Å². The molecule has 0 saturated heterocycles. The van der Waals surface area contributed by atoms with Gasteiger partial charge in [0.05, 0.1) is 0 Å². The first-order valence-electron chi connectivity index (χ1n) is 6.27. The lowest BCUT2D eigenvalue weighted by Gasteiger charge is -2.02. The average Bonchev–Trinajstić information content (AvgIpc) is 2.39. The summed E-state index contributed by atoms with van der Waals surface area (Å²) < 4.78 is 0. The van der Waals surface area contributed by atoms with Crippen LogP contribution in [0.1, 0.15) is 18.9 Å². The molecule has 2 rings (SSSR count). The van der Waals surface area contributed by atoms with Crippen LogP contribution in [0.15, 0.2) is 48.5 Å². The quantitative estimate of drug-likeness (QED) is 0.762. The lowest BCUT2D eigenvalue weighted by atomic mass is 10.0. The molecule has 0 amide bonds. The number of benzene rings is 2. The van der Waals surface area contributed by atoms with Gasteiger partial charge in [-0.25, -0.2) is 0 Å². The third-order valence-corrected chi connectivity index (χ3v) is 2.81. The van der Waals surface area contributed by atoms with Crippen LogP contribution >= 0.6 is 0 Å². The van der Waals surface area contributed by atoms with Gasteiger partial charge in [-0.1, -0.05) is 61.5 Å². The molecule has 1 nitrogen and oxygen atoms in total. The molecule has 1 N–H and O–H groups in total. The summed E-state index contributed by atoms with van der Waals surface area (Å²) in [6.45, 7) is 4.21.